The van der Waals surface area contributed by atoms with E-state index in [1.54, 1.807) is 0 Å². The summed E-state index contributed by atoms with van der Waals surface area (Å²) in [6.45, 7) is 0. The molecule has 21 heavy (non-hydrogen) atoms. The van der Waals surface area contributed by atoms with Gasteiger partial charge in [-0.1, -0.05) is 15.9 Å². The second-order valence-electron chi connectivity index (χ2n) is 3.98. The molecule has 2 aromatic carbocycles. The molecule has 2 aromatic rings. The number of carbonyl (C=O) groups excluding carboxylic acids is 1. The van der Waals surface area contributed by atoms with Crippen molar-refractivity contribution < 1.29 is 18.8 Å². The van der Waals surface area contributed by atoms with Crippen LogP contribution in [0.1, 0.15) is 10.4 Å². The zero-order valence-corrected chi connectivity index (χ0v) is 12.0. The first-order valence-electron chi connectivity index (χ1n) is 5.59. The largest absolute Gasteiger partial charge is 0.453 e. The van der Waals surface area contributed by atoms with Crippen molar-refractivity contribution in [3.63, 3.8) is 0 Å². The molecule has 0 unspecified atom stereocenters. The first kappa shape index (κ1) is 14.9. The molecule has 108 valence electrons. The van der Waals surface area contributed by atoms with Gasteiger partial charge in [-0.05, 0) is 24.3 Å². The van der Waals surface area contributed by atoms with Crippen LogP contribution in [-0.4, -0.2) is 10.8 Å². The number of halogens is 2. The molecule has 0 aromatic heterocycles. The molecule has 0 fully saturated rings. The van der Waals surface area contributed by atoms with Crippen molar-refractivity contribution in [3.05, 3.63) is 62.4 Å². The summed E-state index contributed by atoms with van der Waals surface area (Å²) >= 11 is 3.16. The summed E-state index contributed by atoms with van der Waals surface area (Å²) in [4.78, 5) is 21.4. The molecule has 0 aliphatic rings. The number of nitrogens with zero attached hydrogens (tertiary/aromatic N) is 1. The van der Waals surface area contributed by atoms with E-state index < -0.39 is 16.6 Å². The quantitative estimate of drug-likeness (QED) is 0.672. The summed E-state index contributed by atoms with van der Waals surface area (Å²) in [5.41, 5.74) is 4.64. The number of nitrogens with two attached hydrogens (primary N) is 1. The van der Waals surface area contributed by atoms with Gasteiger partial charge >= 0.3 is 0 Å². The van der Waals surface area contributed by atoms with E-state index >= 15 is 0 Å². The van der Waals surface area contributed by atoms with E-state index in [4.69, 9.17) is 10.5 Å². The molecule has 2 rings (SSSR count). The summed E-state index contributed by atoms with van der Waals surface area (Å²) in [5.74, 6) is -1.76. The lowest BCUT2D eigenvalue weighted by Gasteiger charge is -2.10. The van der Waals surface area contributed by atoms with Gasteiger partial charge in [0.1, 0.15) is 5.75 Å². The predicted octanol–water partition coefficient (Wildman–Crippen LogP) is 3.39. The Morgan fingerprint density at radius 1 is 1.24 bits per heavy atom. The molecule has 0 heterocycles. The van der Waals surface area contributed by atoms with Gasteiger partial charge in [0.25, 0.3) is 11.6 Å². The number of hydrogen-bond donors (Lipinski definition) is 1. The van der Waals surface area contributed by atoms with Crippen molar-refractivity contribution in [3.8, 4) is 11.5 Å². The lowest BCUT2D eigenvalue weighted by Crippen LogP contribution is -2.12. The molecule has 1 amide bonds. The zero-order valence-electron chi connectivity index (χ0n) is 10.4. The summed E-state index contributed by atoms with van der Waals surface area (Å²) in [5, 5.41) is 10.7. The number of hydrogen-bond acceptors (Lipinski definition) is 4. The highest BCUT2D eigenvalue weighted by molar-refractivity contribution is 9.10. The standard InChI is InChI=1S/C13H8BrFN2O4/c14-7-1-3-10(15)12(5-7)21-11-4-2-8(17(19)20)6-9(11)13(16)18/h1-6H,(H2,16,18). The number of nitro groups is 1. The van der Waals surface area contributed by atoms with Gasteiger partial charge in [0.2, 0.25) is 0 Å². The fourth-order valence-electron chi connectivity index (χ4n) is 1.59. The molecule has 2 N–H and O–H groups in total. The van der Waals surface area contributed by atoms with Gasteiger partial charge in [-0.15, -0.1) is 0 Å². The molecule has 0 aliphatic heterocycles. The molecule has 0 atom stereocenters. The Morgan fingerprint density at radius 3 is 2.57 bits per heavy atom. The second-order valence-corrected chi connectivity index (χ2v) is 4.89. The highest BCUT2D eigenvalue weighted by atomic mass is 79.9. The minimum absolute atomic E-state index is 0.0647. The Bertz CT molecular complexity index is 736. The van der Waals surface area contributed by atoms with Gasteiger partial charge in [-0.2, -0.15) is 0 Å². The third kappa shape index (κ3) is 3.34. The average molecular weight is 355 g/mol. The number of rotatable bonds is 4. The molecule has 0 radical (unpaired) electrons. The molecule has 0 saturated carbocycles. The molecular formula is C13H8BrFN2O4. The summed E-state index contributed by atoms with van der Waals surface area (Å²) < 4.78 is 19.5. The third-order valence-electron chi connectivity index (χ3n) is 2.55. The number of ether oxygens (including phenoxy) is 1. The van der Waals surface area contributed by atoms with Crippen LogP contribution in [0.3, 0.4) is 0 Å². The third-order valence-corrected chi connectivity index (χ3v) is 3.05. The Labute approximate surface area is 126 Å². The fraction of sp³-hybridized carbons (Fsp3) is 0. The highest BCUT2D eigenvalue weighted by Crippen LogP contribution is 2.31. The maximum Gasteiger partial charge on any atom is 0.270 e. The number of non-ortho nitro benzene ring substituents is 1. The van der Waals surface area contributed by atoms with Crippen LogP contribution in [0.2, 0.25) is 0 Å². The van der Waals surface area contributed by atoms with E-state index in [2.05, 4.69) is 15.9 Å². The number of amides is 1. The van der Waals surface area contributed by atoms with Crippen LogP contribution in [0.25, 0.3) is 0 Å². The second kappa shape index (κ2) is 5.88. The Hall–Kier alpha value is -2.48. The minimum Gasteiger partial charge on any atom is -0.453 e. The molecule has 8 heteroatoms. The van der Waals surface area contributed by atoms with Gasteiger partial charge in [0.15, 0.2) is 11.6 Å². The van der Waals surface area contributed by atoms with Crippen molar-refractivity contribution in [1.82, 2.24) is 0 Å². The smallest absolute Gasteiger partial charge is 0.270 e. The van der Waals surface area contributed by atoms with E-state index in [0.29, 0.717) is 4.47 Å². The van der Waals surface area contributed by atoms with Crippen LogP contribution in [0, 0.1) is 15.9 Å². The predicted molar refractivity (Wildman–Crippen MR) is 75.8 cm³/mol. The van der Waals surface area contributed by atoms with Crippen molar-refractivity contribution in [1.29, 1.82) is 0 Å². The average Bonchev–Trinajstić information content (AvgIpc) is 2.42. The van der Waals surface area contributed by atoms with Crippen LogP contribution in [-0.2, 0) is 0 Å². The number of carbonyl (C=O) groups is 1. The van der Waals surface area contributed by atoms with Crippen LogP contribution >= 0.6 is 15.9 Å². The molecule has 0 saturated heterocycles. The molecule has 0 spiro atoms. The summed E-state index contributed by atoms with van der Waals surface area (Å²) in [6.07, 6.45) is 0. The maximum absolute atomic E-state index is 13.6. The van der Waals surface area contributed by atoms with Gasteiger partial charge in [-0.25, -0.2) is 4.39 Å². The topological polar surface area (TPSA) is 95.5 Å². The molecule has 0 bridgehead atoms. The van der Waals surface area contributed by atoms with Crippen molar-refractivity contribution in [2.75, 3.05) is 0 Å². The van der Waals surface area contributed by atoms with Gasteiger partial charge in [0, 0.05) is 16.6 Å². The fourth-order valence-corrected chi connectivity index (χ4v) is 1.93. The Kier molecular flexibility index (Phi) is 4.18. The van der Waals surface area contributed by atoms with Gasteiger partial charge in [-0.3, -0.25) is 14.9 Å². The lowest BCUT2D eigenvalue weighted by molar-refractivity contribution is -0.384. The van der Waals surface area contributed by atoms with Crippen LogP contribution < -0.4 is 10.5 Å². The van der Waals surface area contributed by atoms with E-state index in [-0.39, 0.29) is 22.7 Å². The number of primary amides is 1. The van der Waals surface area contributed by atoms with Crippen LogP contribution in [0.15, 0.2) is 40.9 Å². The minimum atomic E-state index is -0.913. The van der Waals surface area contributed by atoms with E-state index in [0.717, 1.165) is 12.1 Å². The number of nitro benzene ring substituents is 1. The normalized spacial score (nSPS) is 10.2. The summed E-state index contributed by atoms with van der Waals surface area (Å²) in [6, 6.07) is 7.33. The Morgan fingerprint density at radius 2 is 1.95 bits per heavy atom. The van der Waals surface area contributed by atoms with Gasteiger partial charge < -0.3 is 10.5 Å². The lowest BCUT2D eigenvalue weighted by atomic mass is 10.1. The first-order chi connectivity index (χ1) is 9.88. The van der Waals surface area contributed by atoms with E-state index in [1.165, 1.54) is 24.3 Å². The van der Waals surface area contributed by atoms with E-state index in [9.17, 15) is 19.3 Å². The molecule has 0 aliphatic carbocycles. The first-order valence-corrected chi connectivity index (χ1v) is 6.39. The highest BCUT2D eigenvalue weighted by Gasteiger charge is 2.17. The zero-order chi connectivity index (χ0) is 15.6. The SMILES string of the molecule is NC(=O)c1cc([N+](=O)[O-])ccc1Oc1cc(Br)ccc1F. The van der Waals surface area contributed by atoms with Crippen molar-refractivity contribution in [2.24, 2.45) is 5.73 Å². The van der Waals surface area contributed by atoms with Crippen molar-refractivity contribution >= 4 is 27.5 Å². The van der Waals surface area contributed by atoms with Crippen molar-refractivity contribution in [2.45, 2.75) is 0 Å². The number of benzene rings is 2. The Balaban J connectivity index is 2.46. The summed E-state index contributed by atoms with van der Waals surface area (Å²) in [7, 11) is 0. The van der Waals surface area contributed by atoms with Crippen LogP contribution in [0.4, 0.5) is 10.1 Å². The van der Waals surface area contributed by atoms with Crippen LogP contribution in [0.5, 0.6) is 11.5 Å². The molecular weight excluding hydrogens is 347 g/mol. The van der Waals surface area contributed by atoms with E-state index in [1.807, 2.05) is 0 Å². The maximum atomic E-state index is 13.6. The molecule has 6 nitrogen and oxygen atoms in total. The van der Waals surface area contributed by atoms with Gasteiger partial charge in [0.05, 0.1) is 10.5 Å². The monoisotopic (exact) mass is 354 g/mol.